The third kappa shape index (κ3) is 5.16. The van der Waals surface area contributed by atoms with E-state index in [1.807, 2.05) is 13.0 Å². The van der Waals surface area contributed by atoms with Crippen LogP contribution in [-0.4, -0.2) is 35.4 Å². The summed E-state index contributed by atoms with van der Waals surface area (Å²) in [5.41, 5.74) is -1.62. The van der Waals surface area contributed by atoms with Gasteiger partial charge in [-0.3, -0.25) is 9.59 Å². The van der Waals surface area contributed by atoms with E-state index in [1.54, 1.807) is 0 Å². The monoisotopic (exact) mass is 424 g/mol. The van der Waals surface area contributed by atoms with Crippen molar-refractivity contribution in [3.8, 4) is 0 Å². The molecule has 0 aromatic rings. The van der Waals surface area contributed by atoms with E-state index < -0.39 is 55.8 Å². The van der Waals surface area contributed by atoms with Crippen molar-refractivity contribution in [1.82, 2.24) is 0 Å². The summed E-state index contributed by atoms with van der Waals surface area (Å²) in [7, 11) is 0. The number of rotatable bonds is 6. The molecule has 1 fully saturated rings. The lowest BCUT2D eigenvalue weighted by Gasteiger charge is -2.44. The van der Waals surface area contributed by atoms with Crippen molar-refractivity contribution >= 4 is 11.9 Å². The molecule has 0 spiro atoms. The molecule has 5 nitrogen and oxygen atoms in total. The molecule has 1 aliphatic heterocycles. The zero-order valence-corrected chi connectivity index (χ0v) is 18.1. The lowest BCUT2D eigenvalue weighted by molar-refractivity contribution is -0.166. The molecule has 1 N–H and O–H groups in total. The third-order valence-electron chi connectivity index (χ3n) is 6.79. The summed E-state index contributed by atoms with van der Waals surface area (Å²) in [6.07, 6.45) is 6.02. The second kappa shape index (κ2) is 9.25. The molecule has 3 aliphatic rings. The van der Waals surface area contributed by atoms with E-state index in [4.69, 9.17) is 17.7 Å². The Hall–Kier alpha value is -1.62. The number of aliphatic hydroxyl groups excluding tert-OH is 1. The molecule has 0 aromatic carbocycles. The van der Waals surface area contributed by atoms with Crippen LogP contribution in [0.1, 0.15) is 81.2 Å². The first-order valence-corrected chi connectivity index (χ1v) is 11.1. The molecule has 7 atom stereocenters. The molecular weight excluding hydrogens is 380 g/mol. The molecular formula is C25H38O5. The van der Waals surface area contributed by atoms with Gasteiger partial charge in [0.2, 0.25) is 0 Å². The molecule has 0 radical (unpaired) electrons. The predicted octanol–water partition coefficient (Wildman–Crippen LogP) is 4.59. The Labute approximate surface area is 189 Å². The van der Waals surface area contributed by atoms with Gasteiger partial charge in [0.25, 0.3) is 0 Å². The van der Waals surface area contributed by atoms with Crippen LogP contribution in [0.3, 0.4) is 0 Å². The minimum absolute atomic E-state index is 0.000807. The maximum absolute atomic E-state index is 13.4. The number of aliphatic hydroxyl groups is 1. The standard InChI is InChI=1S/C25H38O5/c1-6-25(4,5)24(28)30-21-12-15(2)11-17-8-7-16(3)20(23(17)21)10-9-19-13-18(26)14-22(27)29-19/h7-8,11,15-16,18-21,23,26H,6,9-10,12-14H2,1-5H3/t15-,16-,18-,19-,20-,21-,23-/m0/s1/i4D3,5D3. The second-order valence-corrected chi connectivity index (χ2v) is 9.27. The normalized spacial score (nSPS) is 40.3. The van der Waals surface area contributed by atoms with E-state index in [-0.39, 0.29) is 30.1 Å². The van der Waals surface area contributed by atoms with E-state index in [0.29, 0.717) is 25.7 Å². The van der Waals surface area contributed by atoms with Crippen LogP contribution in [0.4, 0.5) is 0 Å². The topological polar surface area (TPSA) is 72.8 Å². The Morgan fingerprint density at radius 1 is 1.33 bits per heavy atom. The summed E-state index contributed by atoms with van der Waals surface area (Å²) in [4.78, 5) is 25.2. The van der Waals surface area contributed by atoms with Gasteiger partial charge in [-0.05, 0) is 62.7 Å². The largest absolute Gasteiger partial charge is 0.462 e. The third-order valence-corrected chi connectivity index (χ3v) is 6.79. The molecule has 1 saturated heterocycles. The fourth-order valence-corrected chi connectivity index (χ4v) is 5.02. The summed E-state index contributed by atoms with van der Waals surface area (Å²) < 4.78 is 58.9. The lowest BCUT2D eigenvalue weighted by atomic mass is 9.65. The van der Waals surface area contributed by atoms with E-state index in [2.05, 4.69) is 19.1 Å². The molecule has 3 rings (SSSR count). The molecule has 0 bridgehead atoms. The van der Waals surface area contributed by atoms with Gasteiger partial charge in [-0.1, -0.05) is 39.0 Å². The van der Waals surface area contributed by atoms with Gasteiger partial charge in [0.05, 0.1) is 17.9 Å². The number of fused-ring (bicyclic) bond motifs is 1. The van der Waals surface area contributed by atoms with Gasteiger partial charge in [0.1, 0.15) is 12.2 Å². The van der Waals surface area contributed by atoms with Gasteiger partial charge in [-0.25, -0.2) is 0 Å². The fraction of sp³-hybridized carbons (Fsp3) is 0.760. The first-order valence-electron chi connectivity index (χ1n) is 14.1. The Morgan fingerprint density at radius 3 is 2.77 bits per heavy atom. The zero-order valence-electron chi connectivity index (χ0n) is 24.1. The quantitative estimate of drug-likeness (QED) is 0.632. The molecule has 2 aliphatic carbocycles. The van der Waals surface area contributed by atoms with Crippen molar-refractivity contribution in [2.75, 3.05) is 0 Å². The maximum atomic E-state index is 13.4. The van der Waals surface area contributed by atoms with Crippen molar-refractivity contribution in [3.63, 3.8) is 0 Å². The van der Waals surface area contributed by atoms with Crippen LogP contribution in [0.5, 0.6) is 0 Å². The molecule has 168 valence electrons. The number of cyclic esters (lactones) is 1. The highest BCUT2D eigenvalue weighted by atomic mass is 16.6. The van der Waals surface area contributed by atoms with Gasteiger partial charge >= 0.3 is 11.9 Å². The number of carbonyl (C=O) groups is 2. The van der Waals surface area contributed by atoms with Crippen molar-refractivity contribution in [1.29, 1.82) is 0 Å². The highest BCUT2D eigenvalue weighted by Gasteiger charge is 2.43. The minimum Gasteiger partial charge on any atom is -0.462 e. The minimum atomic E-state index is -3.06. The Bertz CT molecular complexity index is 878. The molecule has 5 heteroatoms. The number of ether oxygens (including phenoxy) is 2. The first-order chi connectivity index (χ1) is 16.6. The van der Waals surface area contributed by atoms with Gasteiger partial charge in [-0.2, -0.15) is 0 Å². The van der Waals surface area contributed by atoms with E-state index >= 15 is 0 Å². The van der Waals surface area contributed by atoms with Crippen LogP contribution >= 0.6 is 0 Å². The van der Waals surface area contributed by atoms with Crippen LogP contribution in [-0.2, 0) is 19.1 Å². The number of esters is 2. The molecule has 0 unspecified atom stereocenters. The molecule has 30 heavy (non-hydrogen) atoms. The second-order valence-electron chi connectivity index (χ2n) is 9.27. The Kier molecular flexibility index (Phi) is 4.96. The average molecular weight is 425 g/mol. The molecule has 0 aromatic heterocycles. The van der Waals surface area contributed by atoms with Crippen LogP contribution in [0.2, 0.25) is 0 Å². The Morgan fingerprint density at radius 2 is 2.10 bits per heavy atom. The summed E-state index contributed by atoms with van der Waals surface area (Å²) in [5, 5.41) is 9.96. The van der Waals surface area contributed by atoms with Crippen molar-refractivity contribution in [2.45, 2.75) is 91.3 Å². The highest BCUT2D eigenvalue weighted by molar-refractivity contribution is 5.76. The van der Waals surface area contributed by atoms with Crippen LogP contribution in [0.25, 0.3) is 0 Å². The SMILES string of the molecule is [2H]C([2H])([2H])C(CC)(C(=O)O[C@H]1C[C@@H](C)C=C2C=C[C@H](C)[C@H](CC[C@H]3C[C@H](O)CC(=O)O3)[C@H]21)C([2H])([2H])[2H]. The fourth-order valence-electron chi connectivity index (χ4n) is 5.02. The number of hydrogen-bond donors (Lipinski definition) is 1. The van der Waals surface area contributed by atoms with E-state index in [9.17, 15) is 14.7 Å². The van der Waals surface area contributed by atoms with Crippen molar-refractivity contribution in [3.05, 3.63) is 23.8 Å². The van der Waals surface area contributed by atoms with E-state index in [1.165, 1.54) is 6.92 Å². The van der Waals surface area contributed by atoms with Gasteiger partial charge in [0, 0.05) is 20.6 Å². The summed E-state index contributed by atoms with van der Waals surface area (Å²) in [6, 6.07) is 0. The highest BCUT2D eigenvalue weighted by Crippen LogP contribution is 2.45. The van der Waals surface area contributed by atoms with Crippen LogP contribution < -0.4 is 0 Å². The first kappa shape index (κ1) is 16.1. The number of hydrogen-bond acceptors (Lipinski definition) is 5. The number of allylic oxidation sites excluding steroid dienone is 3. The number of carbonyl (C=O) groups excluding carboxylic acids is 2. The smallest absolute Gasteiger partial charge is 0.311 e. The predicted molar refractivity (Wildman–Crippen MR) is 115 cm³/mol. The van der Waals surface area contributed by atoms with Gasteiger partial charge < -0.3 is 14.6 Å². The van der Waals surface area contributed by atoms with Gasteiger partial charge in [0.15, 0.2) is 0 Å². The van der Waals surface area contributed by atoms with Gasteiger partial charge in [-0.15, -0.1) is 0 Å². The van der Waals surface area contributed by atoms with Crippen LogP contribution in [0.15, 0.2) is 23.8 Å². The summed E-state index contributed by atoms with van der Waals surface area (Å²) in [5.74, 6) is -1.70. The summed E-state index contributed by atoms with van der Waals surface area (Å²) >= 11 is 0. The van der Waals surface area contributed by atoms with Crippen LogP contribution in [0, 0.1) is 29.1 Å². The lowest BCUT2D eigenvalue weighted by Crippen LogP contribution is -2.43. The van der Waals surface area contributed by atoms with E-state index in [0.717, 1.165) is 5.57 Å². The van der Waals surface area contributed by atoms with Crippen molar-refractivity contribution in [2.24, 2.45) is 29.1 Å². The molecule has 1 heterocycles. The summed E-state index contributed by atoms with van der Waals surface area (Å²) in [6.45, 7) is -0.698. The Balaban J connectivity index is 1.88. The maximum Gasteiger partial charge on any atom is 0.311 e. The molecule has 0 saturated carbocycles. The average Bonchev–Trinajstić information content (AvgIpc) is 2.71. The van der Waals surface area contributed by atoms with Crippen molar-refractivity contribution < 1.29 is 32.4 Å². The zero-order chi connectivity index (χ0) is 27.1. The molecule has 0 amide bonds.